The van der Waals surface area contributed by atoms with Crippen LogP contribution in [0.5, 0.6) is 0 Å². The minimum Gasteiger partial charge on any atom is -0.134 e. The molecule has 0 saturated carbocycles. The number of hydrogen-bond donors (Lipinski definition) is 0. The number of thiophene rings is 1. The third kappa shape index (κ3) is 3.09. The van der Waals surface area contributed by atoms with E-state index in [1.807, 2.05) is 12.1 Å². The molecule has 1 heterocycles. The van der Waals surface area contributed by atoms with Gasteiger partial charge in [0.2, 0.25) is 0 Å². The monoisotopic (exact) mass is 362 g/mol. The molecule has 0 N–H and O–H groups in total. The van der Waals surface area contributed by atoms with E-state index < -0.39 is 0 Å². The SMILES string of the molecule is CCSC(=S)c1c(-c2ccc(C)cc2)sc2ccc(Cl)cc12. The number of halogens is 1. The molecule has 0 radical (unpaired) electrons. The van der Waals surface area contributed by atoms with Crippen molar-refractivity contribution in [1.82, 2.24) is 0 Å². The van der Waals surface area contributed by atoms with Crippen molar-refractivity contribution in [2.24, 2.45) is 0 Å². The molecule has 0 nitrogen and oxygen atoms in total. The Morgan fingerprint density at radius 1 is 1.18 bits per heavy atom. The maximum Gasteiger partial charge on any atom is 0.0799 e. The first-order valence-corrected chi connectivity index (χ1v) is 9.65. The second-order valence-corrected chi connectivity index (χ2v) is 8.46. The highest BCUT2D eigenvalue weighted by Crippen LogP contribution is 2.41. The number of fused-ring (bicyclic) bond motifs is 1. The topological polar surface area (TPSA) is 0 Å². The lowest BCUT2D eigenvalue weighted by Crippen LogP contribution is -1.93. The van der Waals surface area contributed by atoms with Crippen LogP contribution in [-0.2, 0) is 0 Å². The van der Waals surface area contributed by atoms with Crippen LogP contribution < -0.4 is 0 Å². The van der Waals surface area contributed by atoms with E-state index >= 15 is 0 Å². The Morgan fingerprint density at radius 2 is 1.91 bits per heavy atom. The predicted octanol–water partition coefficient (Wildman–Crippen LogP) is 6.96. The number of aryl methyl sites for hydroxylation is 1. The minimum atomic E-state index is 0.756. The first-order valence-electron chi connectivity index (χ1n) is 7.06. The first kappa shape index (κ1) is 16.0. The number of thiocarbonyl (C=S) groups is 1. The van der Waals surface area contributed by atoms with Gasteiger partial charge in [0.1, 0.15) is 0 Å². The molecule has 2 aromatic carbocycles. The fraction of sp³-hybridized carbons (Fsp3) is 0.167. The molecule has 0 aliphatic carbocycles. The van der Waals surface area contributed by atoms with E-state index in [4.69, 9.17) is 23.8 Å². The minimum absolute atomic E-state index is 0.756. The zero-order chi connectivity index (χ0) is 15.7. The van der Waals surface area contributed by atoms with Gasteiger partial charge in [-0.15, -0.1) is 23.1 Å². The average Bonchev–Trinajstić information content (AvgIpc) is 2.86. The molecule has 0 atom stereocenters. The summed E-state index contributed by atoms with van der Waals surface area (Å²) in [5.41, 5.74) is 3.64. The van der Waals surface area contributed by atoms with Crippen LogP contribution in [0.3, 0.4) is 0 Å². The lowest BCUT2D eigenvalue weighted by molar-refractivity contribution is 1.48. The highest BCUT2D eigenvalue weighted by atomic mass is 35.5. The molecule has 0 spiro atoms. The highest BCUT2D eigenvalue weighted by molar-refractivity contribution is 8.23. The number of hydrogen-bond acceptors (Lipinski definition) is 3. The van der Waals surface area contributed by atoms with Gasteiger partial charge in [0.05, 0.1) is 4.20 Å². The van der Waals surface area contributed by atoms with Gasteiger partial charge in [0, 0.05) is 25.5 Å². The van der Waals surface area contributed by atoms with Crippen LogP contribution in [0.25, 0.3) is 20.5 Å². The number of thioether (sulfide) groups is 1. The van der Waals surface area contributed by atoms with Gasteiger partial charge in [-0.3, -0.25) is 0 Å². The Morgan fingerprint density at radius 3 is 2.59 bits per heavy atom. The summed E-state index contributed by atoms with van der Waals surface area (Å²) >= 11 is 15.4. The van der Waals surface area contributed by atoms with Crippen molar-refractivity contribution in [3.63, 3.8) is 0 Å². The Labute approximate surface area is 149 Å². The molecule has 0 aliphatic heterocycles. The van der Waals surface area contributed by atoms with E-state index in [0.29, 0.717) is 0 Å². The molecule has 0 bridgehead atoms. The molecule has 3 aromatic rings. The summed E-state index contributed by atoms with van der Waals surface area (Å²) in [7, 11) is 0. The molecule has 1 aromatic heterocycles. The van der Waals surface area contributed by atoms with E-state index in [9.17, 15) is 0 Å². The van der Waals surface area contributed by atoms with Gasteiger partial charge in [0.25, 0.3) is 0 Å². The third-order valence-electron chi connectivity index (χ3n) is 3.44. The number of rotatable bonds is 3. The van der Waals surface area contributed by atoms with Crippen LogP contribution in [-0.4, -0.2) is 9.95 Å². The van der Waals surface area contributed by atoms with Crippen LogP contribution in [0.2, 0.25) is 5.02 Å². The van der Waals surface area contributed by atoms with Crippen LogP contribution in [0.15, 0.2) is 42.5 Å². The lowest BCUT2D eigenvalue weighted by Gasteiger charge is -2.06. The van der Waals surface area contributed by atoms with Gasteiger partial charge < -0.3 is 0 Å². The molecule has 0 fully saturated rings. The van der Waals surface area contributed by atoms with Crippen molar-refractivity contribution in [3.8, 4) is 10.4 Å². The van der Waals surface area contributed by atoms with Gasteiger partial charge in [-0.1, -0.05) is 60.6 Å². The summed E-state index contributed by atoms with van der Waals surface area (Å²) < 4.78 is 2.18. The molecule has 0 unspecified atom stereocenters. The third-order valence-corrected chi connectivity index (χ3v) is 6.21. The molecular weight excluding hydrogens is 348 g/mol. The summed E-state index contributed by atoms with van der Waals surface area (Å²) in [6, 6.07) is 14.7. The van der Waals surface area contributed by atoms with E-state index in [2.05, 4.69) is 44.2 Å². The van der Waals surface area contributed by atoms with Crippen LogP contribution >= 0.6 is 46.9 Å². The Hall–Kier alpha value is -0.870. The smallest absolute Gasteiger partial charge is 0.0799 e. The molecule has 22 heavy (non-hydrogen) atoms. The van der Waals surface area contributed by atoms with Gasteiger partial charge in [-0.05, 0) is 36.4 Å². The van der Waals surface area contributed by atoms with Crippen LogP contribution in [0.4, 0.5) is 0 Å². The molecule has 0 saturated heterocycles. The van der Waals surface area contributed by atoms with Crippen molar-refractivity contribution in [2.75, 3.05) is 5.75 Å². The fourth-order valence-corrected chi connectivity index (χ4v) is 5.06. The molecule has 0 aliphatic rings. The standard InChI is InChI=1S/C18H15ClS3/c1-3-21-18(20)16-14-10-13(19)8-9-15(14)22-17(16)12-6-4-11(2)5-7-12/h4-10H,3H2,1-2H3. The zero-order valence-corrected chi connectivity index (χ0v) is 15.6. The molecular formula is C18H15ClS3. The van der Waals surface area contributed by atoms with E-state index in [1.165, 1.54) is 26.1 Å². The summed E-state index contributed by atoms with van der Waals surface area (Å²) in [5.74, 6) is 0.976. The molecule has 3 rings (SSSR count). The van der Waals surface area contributed by atoms with E-state index in [0.717, 1.165) is 20.5 Å². The van der Waals surface area contributed by atoms with Crippen LogP contribution in [0, 0.1) is 6.92 Å². The summed E-state index contributed by atoms with van der Waals surface area (Å²) in [6.07, 6.45) is 0. The van der Waals surface area contributed by atoms with Crippen molar-refractivity contribution >= 4 is 61.2 Å². The van der Waals surface area contributed by atoms with E-state index in [-0.39, 0.29) is 0 Å². The zero-order valence-electron chi connectivity index (χ0n) is 12.4. The summed E-state index contributed by atoms with van der Waals surface area (Å²) in [5, 5.41) is 1.92. The van der Waals surface area contributed by atoms with Crippen molar-refractivity contribution < 1.29 is 0 Å². The average molecular weight is 363 g/mol. The predicted molar refractivity (Wildman–Crippen MR) is 107 cm³/mol. The molecule has 0 amide bonds. The van der Waals surface area contributed by atoms with Crippen molar-refractivity contribution in [2.45, 2.75) is 13.8 Å². The normalized spacial score (nSPS) is 11.0. The van der Waals surface area contributed by atoms with Gasteiger partial charge in [-0.2, -0.15) is 0 Å². The second-order valence-electron chi connectivity index (χ2n) is 5.03. The van der Waals surface area contributed by atoms with Crippen molar-refractivity contribution in [3.05, 3.63) is 58.6 Å². The maximum atomic E-state index is 6.20. The maximum absolute atomic E-state index is 6.20. The lowest BCUT2D eigenvalue weighted by atomic mass is 10.1. The molecule has 4 heteroatoms. The van der Waals surface area contributed by atoms with Crippen molar-refractivity contribution in [1.29, 1.82) is 0 Å². The number of benzene rings is 2. The van der Waals surface area contributed by atoms with Gasteiger partial charge >= 0.3 is 0 Å². The first-order chi connectivity index (χ1) is 10.6. The Kier molecular flexibility index (Phi) is 4.88. The highest BCUT2D eigenvalue weighted by Gasteiger charge is 2.17. The Bertz CT molecular complexity index is 831. The summed E-state index contributed by atoms with van der Waals surface area (Å²) in [4.78, 5) is 1.24. The summed E-state index contributed by atoms with van der Waals surface area (Å²) in [6.45, 7) is 4.23. The quantitative estimate of drug-likeness (QED) is 0.462. The van der Waals surface area contributed by atoms with Gasteiger partial charge in [-0.25, -0.2) is 0 Å². The fourth-order valence-electron chi connectivity index (χ4n) is 2.38. The van der Waals surface area contributed by atoms with E-state index in [1.54, 1.807) is 23.1 Å². The second kappa shape index (κ2) is 6.71. The molecule has 112 valence electrons. The van der Waals surface area contributed by atoms with Gasteiger partial charge in [0.15, 0.2) is 0 Å². The largest absolute Gasteiger partial charge is 0.134 e. The van der Waals surface area contributed by atoms with Crippen LogP contribution in [0.1, 0.15) is 18.1 Å². The Balaban J connectivity index is 2.26.